The van der Waals surface area contributed by atoms with Crippen LogP contribution in [0.5, 0.6) is 0 Å². The van der Waals surface area contributed by atoms with Crippen molar-refractivity contribution in [2.45, 2.75) is 54.8 Å². The largest absolute Gasteiger partial charge is 0.460 e. The van der Waals surface area contributed by atoms with Crippen LogP contribution < -0.4 is 0 Å². The van der Waals surface area contributed by atoms with Crippen LogP contribution in [0.2, 0.25) is 0 Å². The Hall–Kier alpha value is -2.65. The van der Waals surface area contributed by atoms with Gasteiger partial charge in [0, 0.05) is 49.8 Å². The predicted molar refractivity (Wildman–Crippen MR) is 105 cm³/mol. The molecule has 2 fully saturated rings. The van der Waals surface area contributed by atoms with Gasteiger partial charge in [0.15, 0.2) is 5.60 Å². The monoisotopic (exact) mass is 449 g/mol. The molecular weight excluding hydrogens is 427 g/mol. The van der Waals surface area contributed by atoms with Crippen LogP contribution in [0.1, 0.15) is 24.8 Å². The van der Waals surface area contributed by atoms with E-state index in [1.165, 1.54) is 30.3 Å². The van der Waals surface area contributed by atoms with E-state index in [9.17, 15) is 22.8 Å². The lowest BCUT2D eigenvalue weighted by Crippen LogP contribution is -2.55. The molecule has 6 nitrogen and oxygen atoms in total. The van der Waals surface area contributed by atoms with Gasteiger partial charge in [-0.2, -0.15) is 13.2 Å². The average molecular weight is 449 g/mol. The molecule has 2 saturated heterocycles. The molecule has 0 unspecified atom stereocenters. The summed E-state index contributed by atoms with van der Waals surface area (Å²) in [6.07, 6.45) is 0.814. The number of esters is 2. The second kappa shape index (κ2) is 7.18. The topological polar surface area (TPSA) is 65.1 Å². The standard InChI is InChI=1S/C23H22F3NO5/c1-30-22(23(24,25)26,14-5-3-2-4-6-14)20(29)31-17-9-10-27-16-8-7-15-11-19(28)32-21(15,13-16)18(27)12-17/h2-8,11,16-18H,9-10,12-13H2,1H3/t16-,17+,18+,21+,22+/m1/s1. The van der Waals surface area contributed by atoms with Crippen LogP contribution in [-0.4, -0.2) is 60.5 Å². The fourth-order valence-corrected chi connectivity index (χ4v) is 5.62. The first-order valence-corrected chi connectivity index (χ1v) is 10.5. The minimum Gasteiger partial charge on any atom is -0.460 e. The second-order valence-corrected chi connectivity index (χ2v) is 8.60. The molecule has 5 atom stereocenters. The number of carbonyl (C=O) groups excluding carboxylic acids is 2. The highest BCUT2D eigenvalue weighted by Crippen LogP contribution is 2.52. The van der Waals surface area contributed by atoms with Crippen LogP contribution in [0, 0.1) is 0 Å². The number of hydrogen-bond donors (Lipinski definition) is 0. The third-order valence-electron chi connectivity index (χ3n) is 7.06. The number of ether oxygens (including phenoxy) is 3. The average Bonchev–Trinajstić information content (AvgIpc) is 3.22. The summed E-state index contributed by atoms with van der Waals surface area (Å²) in [7, 11) is 0.851. The van der Waals surface area contributed by atoms with Gasteiger partial charge < -0.3 is 14.2 Å². The molecule has 0 N–H and O–H groups in total. The molecule has 3 aliphatic heterocycles. The molecule has 9 heteroatoms. The highest BCUT2D eigenvalue weighted by molar-refractivity contribution is 5.88. The normalized spacial score (nSPS) is 33.1. The lowest BCUT2D eigenvalue weighted by Gasteiger charge is -2.41. The van der Waals surface area contributed by atoms with Crippen molar-refractivity contribution in [2.24, 2.45) is 0 Å². The van der Waals surface area contributed by atoms with Crippen molar-refractivity contribution >= 4 is 11.9 Å². The maximum absolute atomic E-state index is 14.2. The summed E-state index contributed by atoms with van der Waals surface area (Å²) in [6, 6.07) is 6.58. The number of fused-ring (bicyclic) bond motifs is 3. The molecule has 32 heavy (non-hydrogen) atoms. The molecule has 0 saturated carbocycles. The first-order valence-electron chi connectivity index (χ1n) is 10.5. The van der Waals surface area contributed by atoms with Gasteiger partial charge in [-0.15, -0.1) is 0 Å². The van der Waals surface area contributed by atoms with E-state index in [4.69, 9.17) is 14.2 Å². The van der Waals surface area contributed by atoms with Crippen LogP contribution in [-0.2, 0) is 29.4 Å². The van der Waals surface area contributed by atoms with E-state index in [-0.39, 0.29) is 24.1 Å². The number of nitrogens with zero attached hydrogens (tertiary/aromatic N) is 1. The Labute approximate surface area is 182 Å². The van der Waals surface area contributed by atoms with Gasteiger partial charge in [0.25, 0.3) is 5.60 Å². The number of methoxy groups -OCH3 is 1. The van der Waals surface area contributed by atoms with E-state index in [0.717, 1.165) is 12.7 Å². The highest BCUT2D eigenvalue weighted by atomic mass is 19.4. The Kier molecular flexibility index (Phi) is 4.76. The number of alkyl halides is 3. The van der Waals surface area contributed by atoms with E-state index in [0.29, 0.717) is 19.4 Å². The molecule has 1 aromatic rings. The molecular formula is C23H22F3NO5. The van der Waals surface area contributed by atoms with Crippen molar-refractivity contribution in [3.63, 3.8) is 0 Å². The molecule has 0 radical (unpaired) electrons. The third-order valence-corrected chi connectivity index (χ3v) is 7.06. The summed E-state index contributed by atoms with van der Waals surface area (Å²) in [5, 5.41) is 0. The van der Waals surface area contributed by atoms with Gasteiger partial charge in [0.2, 0.25) is 0 Å². The van der Waals surface area contributed by atoms with E-state index in [1.54, 1.807) is 6.07 Å². The van der Waals surface area contributed by atoms with Gasteiger partial charge >= 0.3 is 18.1 Å². The molecule has 170 valence electrons. The Balaban J connectivity index is 1.41. The van der Waals surface area contributed by atoms with E-state index in [1.807, 2.05) is 12.2 Å². The summed E-state index contributed by atoms with van der Waals surface area (Å²) in [6.45, 7) is 0.515. The summed E-state index contributed by atoms with van der Waals surface area (Å²) >= 11 is 0. The molecule has 0 amide bonds. The summed E-state index contributed by atoms with van der Waals surface area (Å²) < 4.78 is 58.5. The minimum atomic E-state index is -5.02. The predicted octanol–water partition coefficient (Wildman–Crippen LogP) is 3.03. The molecule has 1 aromatic carbocycles. The van der Waals surface area contributed by atoms with Crippen LogP contribution >= 0.6 is 0 Å². The van der Waals surface area contributed by atoms with Gasteiger partial charge in [-0.1, -0.05) is 42.5 Å². The smallest absolute Gasteiger partial charge is 0.432 e. The van der Waals surface area contributed by atoms with E-state index >= 15 is 0 Å². The second-order valence-electron chi connectivity index (χ2n) is 8.60. The van der Waals surface area contributed by atoms with Crippen molar-refractivity contribution < 1.29 is 37.0 Å². The molecule has 0 aromatic heterocycles. The van der Waals surface area contributed by atoms with Crippen molar-refractivity contribution in [3.05, 3.63) is 59.7 Å². The Morgan fingerprint density at radius 2 is 2.00 bits per heavy atom. The number of halogens is 3. The molecule has 1 spiro atoms. The van der Waals surface area contributed by atoms with Crippen molar-refractivity contribution in [1.29, 1.82) is 0 Å². The van der Waals surface area contributed by atoms with Crippen LogP contribution in [0.4, 0.5) is 13.2 Å². The van der Waals surface area contributed by atoms with Crippen LogP contribution in [0.3, 0.4) is 0 Å². The number of rotatable bonds is 4. The van der Waals surface area contributed by atoms with E-state index < -0.39 is 35.4 Å². The van der Waals surface area contributed by atoms with Gasteiger partial charge in [0.1, 0.15) is 6.10 Å². The summed E-state index contributed by atoms with van der Waals surface area (Å²) in [4.78, 5) is 27.2. The zero-order chi connectivity index (χ0) is 22.7. The minimum absolute atomic E-state index is 0.0808. The van der Waals surface area contributed by atoms with Crippen molar-refractivity contribution in [3.8, 4) is 0 Å². The first kappa shape index (κ1) is 21.2. The van der Waals surface area contributed by atoms with Crippen molar-refractivity contribution in [1.82, 2.24) is 4.90 Å². The zero-order valence-corrected chi connectivity index (χ0v) is 17.3. The number of hydrogen-bond acceptors (Lipinski definition) is 6. The quantitative estimate of drug-likeness (QED) is 0.659. The highest BCUT2D eigenvalue weighted by Gasteiger charge is 2.65. The third kappa shape index (κ3) is 2.87. The number of carbonyl (C=O) groups is 2. The van der Waals surface area contributed by atoms with Crippen molar-refractivity contribution in [2.75, 3.05) is 13.7 Å². The van der Waals surface area contributed by atoms with Crippen LogP contribution in [0.25, 0.3) is 0 Å². The zero-order valence-electron chi connectivity index (χ0n) is 17.3. The molecule has 3 heterocycles. The van der Waals surface area contributed by atoms with Gasteiger partial charge in [-0.05, 0) is 6.42 Å². The lowest BCUT2D eigenvalue weighted by molar-refractivity contribution is -0.279. The van der Waals surface area contributed by atoms with Crippen LogP contribution in [0.15, 0.2) is 54.1 Å². The number of benzene rings is 1. The fourth-order valence-electron chi connectivity index (χ4n) is 5.62. The number of piperidine rings is 1. The Morgan fingerprint density at radius 1 is 1.25 bits per heavy atom. The van der Waals surface area contributed by atoms with E-state index in [2.05, 4.69) is 4.90 Å². The Morgan fingerprint density at radius 3 is 2.69 bits per heavy atom. The Bertz CT molecular complexity index is 1010. The molecule has 5 rings (SSSR count). The van der Waals surface area contributed by atoms with Gasteiger partial charge in [-0.3, -0.25) is 4.90 Å². The molecule has 2 bridgehead atoms. The SMILES string of the molecule is CO[C@](C(=O)O[C@H]1CCN2[C@@H]3C=CC4=CC(=O)O[C@]4(C3)[C@@H]2C1)(c1ccccc1)C(F)(F)F. The summed E-state index contributed by atoms with van der Waals surface area (Å²) in [5.41, 5.74) is -3.62. The molecule has 4 aliphatic rings. The van der Waals surface area contributed by atoms with Gasteiger partial charge in [0.05, 0.1) is 6.04 Å². The first-order chi connectivity index (χ1) is 15.2. The maximum atomic E-state index is 14.2. The maximum Gasteiger partial charge on any atom is 0.432 e. The molecule has 1 aliphatic carbocycles. The lowest BCUT2D eigenvalue weighted by atomic mass is 9.80. The van der Waals surface area contributed by atoms with Gasteiger partial charge in [-0.25, -0.2) is 9.59 Å². The summed E-state index contributed by atoms with van der Waals surface area (Å²) in [5.74, 6) is -1.92. The fraction of sp³-hybridized carbons (Fsp3) is 0.478.